The largest absolute Gasteiger partial charge is 0.457 e. The number of benzene rings is 2. The highest BCUT2D eigenvalue weighted by Gasteiger charge is 2.18. The van der Waals surface area contributed by atoms with Crippen LogP contribution in [0.3, 0.4) is 0 Å². The standard InChI is InChI=1S/C19H12Cl3NO4/c20-13-5-2-1-4-12(13)16-9-8-11(27-16)10-26-19(25)23-18(24)17-14(21)6-3-7-15(17)22/h1-9H,10H2,(H,23,24,25). The molecule has 3 rings (SSSR count). The van der Waals surface area contributed by atoms with Crippen molar-refractivity contribution in [3.05, 3.63) is 81.0 Å². The zero-order valence-electron chi connectivity index (χ0n) is 13.7. The molecule has 1 heterocycles. The van der Waals surface area contributed by atoms with Gasteiger partial charge in [-0.1, -0.05) is 53.0 Å². The van der Waals surface area contributed by atoms with Crippen LogP contribution >= 0.6 is 34.8 Å². The molecule has 3 aromatic rings. The Labute approximate surface area is 169 Å². The van der Waals surface area contributed by atoms with Gasteiger partial charge in [0.2, 0.25) is 0 Å². The normalized spacial score (nSPS) is 10.5. The van der Waals surface area contributed by atoms with Crippen LogP contribution in [0.2, 0.25) is 15.1 Å². The van der Waals surface area contributed by atoms with E-state index in [1.807, 2.05) is 18.2 Å². The van der Waals surface area contributed by atoms with Crippen molar-refractivity contribution in [1.82, 2.24) is 5.32 Å². The SMILES string of the molecule is O=C(NC(=O)c1c(Cl)cccc1Cl)OCc1ccc(-c2ccccc2Cl)o1. The molecular formula is C19H12Cl3NO4. The van der Waals surface area contributed by atoms with Gasteiger partial charge in [0.1, 0.15) is 11.5 Å². The molecule has 2 amide bonds. The van der Waals surface area contributed by atoms with Crippen molar-refractivity contribution in [3.63, 3.8) is 0 Å². The van der Waals surface area contributed by atoms with Crippen LogP contribution in [0, 0.1) is 0 Å². The van der Waals surface area contributed by atoms with Crippen molar-refractivity contribution < 1.29 is 18.7 Å². The molecule has 0 aliphatic heterocycles. The van der Waals surface area contributed by atoms with Gasteiger partial charge in [0.15, 0.2) is 6.61 Å². The summed E-state index contributed by atoms with van der Waals surface area (Å²) in [5.41, 5.74) is 0.718. The van der Waals surface area contributed by atoms with Gasteiger partial charge < -0.3 is 9.15 Å². The summed E-state index contributed by atoms with van der Waals surface area (Å²) >= 11 is 18.0. The van der Waals surface area contributed by atoms with Crippen LogP contribution in [0.25, 0.3) is 11.3 Å². The van der Waals surface area contributed by atoms with Gasteiger partial charge in [-0.05, 0) is 36.4 Å². The molecule has 0 aliphatic rings. The highest BCUT2D eigenvalue weighted by atomic mass is 35.5. The maximum Gasteiger partial charge on any atom is 0.414 e. The Morgan fingerprint density at radius 2 is 1.56 bits per heavy atom. The minimum Gasteiger partial charge on any atom is -0.457 e. The second kappa shape index (κ2) is 8.48. The lowest BCUT2D eigenvalue weighted by molar-refractivity contribution is 0.0903. The smallest absolute Gasteiger partial charge is 0.414 e. The maximum atomic E-state index is 12.1. The molecule has 138 valence electrons. The van der Waals surface area contributed by atoms with Crippen LogP contribution in [0.4, 0.5) is 4.79 Å². The molecule has 0 saturated heterocycles. The first-order valence-electron chi connectivity index (χ1n) is 7.71. The lowest BCUT2D eigenvalue weighted by atomic mass is 10.2. The number of carbonyl (C=O) groups excluding carboxylic acids is 2. The summed E-state index contributed by atoms with van der Waals surface area (Å²) in [6.07, 6.45) is -0.952. The number of carbonyl (C=O) groups is 2. The molecule has 0 unspecified atom stereocenters. The molecule has 27 heavy (non-hydrogen) atoms. The highest BCUT2D eigenvalue weighted by Crippen LogP contribution is 2.29. The fourth-order valence-corrected chi connectivity index (χ4v) is 3.10. The number of rotatable bonds is 4. The number of hydrogen-bond acceptors (Lipinski definition) is 4. The first kappa shape index (κ1) is 19.3. The minimum atomic E-state index is -0.952. The van der Waals surface area contributed by atoms with Crippen molar-refractivity contribution in [3.8, 4) is 11.3 Å². The maximum absolute atomic E-state index is 12.1. The van der Waals surface area contributed by atoms with Crippen LogP contribution in [0.1, 0.15) is 16.1 Å². The van der Waals surface area contributed by atoms with Crippen LogP contribution in [-0.2, 0) is 11.3 Å². The molecule has 2 aromatic carbocycles. The van der Waals surface area contributed by atoms with Gasteiger partial charge in [-0.25, -0.2) is 4.79 Å². The number of furan rings is 1. The van der Waals surface area contributed by atoms with E-state index >= 15 is 0 Å². The predicted octanol–water partition coefficient (Wildman–Crippen LogP) is 5.97. The van der Waals surface area contributed by atoms with Crippen molar-refractivity contribution in [2.75, 3.05) is 0 Å². The molecule has 8 heteroatoms. The summed E-state index contributed by atoms with van der Waals surface area (Å²) in [5.74, 6) is 0.175. The van der Waals surface area contributed by atoms with E-state index < -0.39 is 12.0 Å². The summed E-state index contributed by atoms with van der Waals surface area (Å²) in [7, 11) is 0. The molecule has 0 atom stereocenters. The van der Waals surface area contributed by atoms with Gasteiger partial charge in [-0.3, -0.25) is 10.1 Å². The average molecular weight is 425 g/mol. The van der Waals surface area contributed by atoms with Crippen LogP contribution in [0.5, 0.6) is 0 Å². The Bertz CT molecular complexity index is 980. The zero-order valence-corrected chi connectivity index (χ0v) is 15.9. The quantitative estimate of drug-likeness (QED) is 0.560. The third kappa shape index (κ3) is 4.63. The van der Waals surface area contributed by atoms with Crippen molar-refractivity contribution in [2.24, 2.45) is 0 Å². The Balaban J connectivity index is 1.60. The van der Waals surface area contributed by atoms with E-state index in [4.69, 9.17) is 44.0 Å². The van der Waals surface area contributed by atoms with E-state index in [-0.39, 0.29) is 22.2 Å². The second-order valence-corrected chi connectivity index (χ2v) is 6.59. The van der Waals surface area contributed by atoms with Gasteiger partial charge in [0, 0.05) is 5.56 Å². The van der Waals surface area contributed by atoms with E-state index in [1.165, 1.54) is 12.1 Å². The Morgan fingerprint density at radius 1 is 0.889 bits per heavy atom. The Hall–Kier alpha value is -2.47. The van der Waals surface area contributed by atoms with E-state index in [2.05, 4.69) is 5.32 Å². The van der Waals surface area contributed by atoms with E-state index in [1.54, 1.807) is 24.3 Å². The number of hydrogen-bond donors (Lipinski definition) is 1. The third-order valence-corrected chi connectivity index (χ3v) is 4.51. The van der Waals surface area contributed by atoms with E-state index in [0.29, 0.717) is 16.5 Å². The molecule has 0 saturated carbocycles. The number of nitrogens with one attached hydrogen (secondary N) is 1. The fourth-order valence-electron chi connectivity index (χ4n) is 2.30. The molecule has 1 aromatic heterocycles. The summed E-state index contributed by atoms with van der Waals surface area (Å²) in [6, 6.07) is 15.1. The second-order valence-electron chi connectivity index (χ2n) is 5.37. The minimum absolute atomic E-state index is 0.00297. The number of halogens is 3. The number of imide groups is 1. The molecule has 5 nitrogen and oxygen atoms in total. The topological polar surface area (TPSA) is 68.5 Å². The van der Waals surface area contributed by atoms with Crippen molar-refractivity contribution >= 4 is 46.8 Å². The van der Waals surface area contributed by atoms with Gasteiger partial charge in [0.25, 0.3) is 5.91 Å². The van der Waals surface area contributed by atoms with Crippen LogP contribution in [0.15, 0.2) is 59.0 Å². The molecular weight excluding hydrogens is 413 g/mol. The summed E-state index contributed by atoms with van der Waals surface area (Å²) in [6.45, 7) is -0.167. The van der Waals surface area contributed by atoms with Crippen LogP contribution < -0.4 is 5.32 Å². The van der Waals surface area contributed by atoms with Crippen molar-refractivity contribution in [1.29, 1.82) is 0 Å². The molecule has 0 aliphatic carbocycles. The average Bonchev–Trinajstić information content (AvgIpc) is 3.09. The Kier molecular flexibility index (Phi) is 6.06. The molecule has 0 spiro atoms. The van der Waals surface area contributed by atoms with E-state index in [0.717, 1.165) is 5.56 Å². The lowest BCUT2D eigenvalue weighted by Gasteiger charge is -2.07. The molecule has 0 bridgehead atoms. The number of amides is 2. The van der Waals surface area contributed by atoms with E-state index in [9.17, 15) is 9.59 Å². The first-order chi connectivity index (χ1) is 13.0. The fraction of sp³-hybridized carbons (Fsp3) is 0.0526. The Morgan fingerprint density at radius 3 is 2.26 bits per heavy atom. The summed E-state index contributed by atoms with van der Waals surface area (Å²) in [5, 5.41) is 2.86. The predicted molar refractivity (Wildman–Crippen MR) is 103 cm³/mol. The number of ether oxygens (including phenoxy) is 1. The molecule has 1 N–H and O–H groups in total. The van der Waals surface area contributed by atoms with Crippen molar-refractivity contribution in [2.45, 2.75) is 6.61 Å². The first-order valence-corrected chi connectivity index (χ1v) is 8.85. The van der Waals surface area contributed by atoms with Gasteiger partial charge in [-0.2, -0.15) is 0 Å². The van der Waals surface area contributed by atoms with Gasteiger partial charge >= 0.3 is 6.09 Å². The monoisotopic (exact) mass is 423 g/mol. The molecule has 0 fully saturated rings. The molecule has 0 radical (unpaired) electrons. The summed E-state index contributed by atoms with van der Waals surface area (Å²) in [4.78, 5) is 24.0. The summed E-state index contributed by atoms with van der Waals surface area (Å²) < 4.78 is 10.6. The van der Waals surface area contributed by atoms with Gasteiger partial charge in [-0.15, -0.1) is 0 Å². The number of alkyl carbamates (subject to hydrolysis) is 1. The van der Waals surface area contributed by atoms with Gasteiger partial charge in [0.05, 0.1) is 20.6 Å². The zero-order chi connectivity index (χ0) is 19.4. The van der Waals surface area contributed by atoms with Crippen LogP contribution in [-0.4, -0.2) is 12.0 Å². The lowest BCUT2D eigenvalue weighted by Crippen LogP contribution is -2.31. The third-order valence-electron chi connectivity index (χ3n) is 3.55. The highest BCUT2D eigenvalue weighted by molar-refractivity contribution is 6.40.